The molecule has 0 saturated carbocycles. The van der Waals surface area contributed by atoms with E-state index in [1.54, 1.807) is 0 Å². The number of nitrogens with zero attached hydrogens (tertiary/aromatic N) is 4. The Hall–Kier alpha value is -9.06. The maximum atomic E-state index is 6.51. The van der Waals surface area contributed by atoms with Crippen LogP contribution in [0.25, 0.3) is 66.9 Å². The maximum Gasteiger partial charge on any atom is 0.160 e. The highest BCUT2D eigenvalue weighted by molar-refractivity contribution is 5.92. The Morgan fingerprint density at radius 3 is 1.60 bits per heavy atom. The SMILES string of the molecule is c1ccc(-c2ccc(-c3cc(-c4cccc(N(c5cccc(-c6ccc7c(c6)N(c6ccccc6)c6ccccc6O7)c5)c5ccc6ccccc6c5)c4)nc(-c4ccccc4)n3)cc2)cc1. The molecule has 1 aromatic heterocycles. The Bertz CT molecular complexity index is 3560. The number of hydrogen-bond donors (Lipinski definition) is 0. The molecular weight excluding hydrogens is 817 g/mol. The molecule has 1 aliphatic rings. The molecule has 0 unspecified atom stereocenters. The smallest absolute Gasteiger partial charge is 0.160 e. The standard InChI is InChI=1S/C62H42N4O/c1-4-16-43(17-5-1)45-30-32-46(33-31-45)56-42-57(64-62(63-56)47-19-6-2-7-20-47)51-23-15-27-54(40-51)65(55-36-34-44-18-10-11-21-48(44)38-55)53-26-14-22-49(39-53)50-35-37-61-59(41-50)66(52-24-8-3-9-25-52)58-28-12-13-29-60(58)67-61/h1-42H. The van der Waals surface area contributed by atoms with Crippen molar-refractivity contribution in [2.24, 2.45) is 0 Å². The molecule has 0 saturated heterocycles. The Labute approximate surface area is 390 Å². The van der Waals surface area contributed by atoms with E-state index in [4.69, 9.17) is 14.7 Å². The lowest BCUT2D eigenvalue weighted by Gasteiger charge is -2.33. The molecule has 5 nitrogen and oxygen atoms in total. The number of ether oxygens (including phenoxy) is 1. The van der Waals surface area contributed by atoms with Crippen molar-refractivity contribution in [3.8, 4) is 67.7 Å². The topological polar surface area (TPSA) is 41.5 Å². The Kier molecular flexibility index (Phi) is 10.1. The van der Waals surface area contributed by atoms with Crippen molar-refractivity contribution >= 4 is 44.9 Å². The predicted octanol–water partition coefficient (Wildman–Crippen LogP) is 17.0. The number of fused-ring (bicyclic) bond motifs is 3. The highest BCUT2D eigenvalue weighted by Crippen LogP contribution is 2.51. The fourth-order valence-electron chi connectivity index (χ4n) is 9.10. The van der Waals surface area contributed by atoms with E-state index >= 15 is 0 Å². The van der Waals surface area contributed by atoms with Gasteiger partial charge in [-0.05, 0) is 112 Å². The van der Waals surface area contributed by atoms with Crippen molar-refractivity contribution in [1.29, 1.82) is 0 Å². The zero-order valence-corrected chi connectivity index (χ0v) is 36.4. The van der Waals surface area contributed by atoms with Crippen molar-refractivity contribution in [2.75, 3.05) is 9.80 Å². The molecule has 5 heteroatoms. The van der Waals surface area contributed by atoms with Gasteiger partial charge in [0, 0.05) is 39.4 Å². The molecule has 11 aromatic rings. The van der Waals surface area contributed by atoms with Crippen LogP contribution in [0.2, 0.25) is 0 Å². The van der Waals surface area contributed by atoms with Gasteiger partial charge in [-0.25, -0.2) is 9.97 Å². The van der Waals surface area contributed by atoms with Crippen LogP contribution in [0.3, 0.4) is 0 Å². The van der Waals surface area contributed by atoms with Crippen molar-refractivity contribution in [3.63, 3.8) is 0 Å². The lowest BCUT2D eigenvalue weighted by molar-refractivity contribution is 0.477. The summed E-state index contributed by atoms with van der Waals surface area (Å²) in [7, 11) is 0. The quantitative estimate of drug-likeness (QED) is 0.145. The molecule has 0 atom stereocenters. The van der Waals surface area contributed by atoms with Gasteiger partial charge < -0.3 is 14.5 Å². The summed E-state index contributed by atoms with van der Waals surface area (Å²) in [6, 6.07) is 89.3. The molecule has 0 radical (unpaired) electrons. The Morgan fingerprint density at radius 1 is 0.313 bits per heavy atom. The molecular formula is C62H42N4O. The van der Waals surface area contributed by atoms with Gasteiger partial charge >= 0.3 is 0 Å². The summed E-state index contributed by atoms with van der Waals surface area (Å²) in [6.45, 7) is 0. The zero-order valence-electron chi connectivity index (χ0n) is 36.4. The molecule has 316 valence electrons. The van der Waals surface area contributed by atoms with Gasteiger partial charge in [-0.3, -0.25) is 0 Å². The summed E-state index contributed by atoms with van der Waals surface area (Å²) >= 11 is 0. The predicted molar refractivity (Wildman–Crippen MR) is 276 cm³/mol. The van der Waals surface area contributed by atoms with Crippen molar-refractivity contribution < 1.29 is 4.74 Å². The number of hydrogen-bond acceptors (Lipinski definition) is 5. The largest absolute Gasteiger partial charge is 0.453 e. The van der Waals surface area contributed by atoms with Crippen molar-refractivity contribution in [3.05, 3.63) is 255 Å². The summed E-state index contributed by atoms with van der Waals surface area (Å²) < 4.78 is 6.51. The van der Waals surface area contributed by atoms with Crippen LogP contribution in [-0.2, 0) is 0 Å². The highest BCUT2D eigenvalue weighted by atomic mass is 16.5. The molecule has 0 amide bonds. The Balaban J connectivity index is 0.969. The van der Waals surface area contributed by atoms with E-state index in [1.165, 1.54) is 16.3 Å². The van der Waals surface area contributed by atoms with Crippen LogP contribution in [0.5, 0.6) is 11.5 Å². The molecule has 0 spiro atoms. The normalized spacial score (nSPS) is 11.7. The third-order valence-electron chi connectivity index (χ3n) is 12.4. The summed E-state index contributed by atoms with van der Waals surface area (Å²) in [5.41, 5.74) is 15.3. The summed E-state index contributed by atoms with van der Waals surface area (Å²) in [5.74, 6) is 2.31. The minimum absolute atomic E-state index is 0.675. The number of anilines is 6. The van der Waals surface area contributed by atoms with Gasteiger partial charge in [-0.2, -0.15) is 0 Å². The molecule has 2 heterocycles. The fourth-order valence-corrected chi connectivity index (χ4v) is 9.10. The first-order valence-electron chi connectivity index (χ1n) is 22.5. The average Bonchev–Trinajstić information content (AvgIpc) is 3.41. The van der Waals surface area contributed by atoms with Crippen LogP contribution >= 0.6 is 0 Å². The van der Waals surface area contributed by atoms with Crippen LogP contribution in [0, 0.1) is 0 Å². The zero-order chi connectivity index (χ0) is 44.5. The van der Waals surface area contributed by atoms with E-state index < -0.39 is 0 Å². The second-order valence-corrected chi connectivity index (χ2v) is 16.7. The Morgan fingerprint density at radius 2 is 0.836 bits per heavy atom. The monoisotopic (exact) mass is 858 g/mol. The summed E-state index contributed by atoms with van der Waals surface area (Å²) in [6.07, 6.45) is 0. The fraction of sp³-hybridized carbons (Fsp3) is 0. The second kappa shape index (κ2) is 17.1. The van der Waals surface area contributed by atoms with Crippen LogP contribution in [0.4, 0.5) is 34.1 Å². The maximum absolute atomic E-state index is 6.51. The second-order valence-electron chi connectivity index (χ2n) is 16.7. The van der Waals surface area contributed by atoms with Gasteiger partial charge in [0.2, 0.25) is 0 Å². The van der Waals surface area contributed by atoms with E-state index in [-0.39, 0.29) is 0 Å². The average molecular weight is 859 g/mol. The molecule has 1 aliphatic heterocycles. The first-order valence-corrected chi connectivity index (χ1v) is 22.5. The number of rotatable bonds is 9. The van der Waals surface area contributed by atoms with Gasteiger partial charge in [0.1, 0.15) is 0 Å². The summed E-state index contributed by atoms with van der Waals surface area (Å²) in [4.78, 5) is 15.0. The lowest BCUT2D eigenvalue weighted by Crippen LogP contribution is -2.15. The van der Waals surface area contributed by atoms with E-state index in [1.807, 2.05) is 36.4 Å². The third kappa shape index (κ3) is 7.75. The van der Waals surface area contributed by atoms with E-state index in [2.05, 4.69) is 228 Å². The molecule has 10 aromatic carbocycles. The van der Waals surface area contributed by atoms with Crippen LogP contribution in [-0.4, -0.2) is 9.97 Å². The molecule has 0 aliphatic carbocycles. The van der Waals surface area contributed by atoms with Gasteiger partial charge in [-0.15, -0.1) is 0 Å². The highest BCUT2D eigenvalue weighted by Gasteiger charge is 2.26. The number of benzene rings is 10. The first kappa shape index (κ1) is 39.5. The van der Waals surface area contributed by atoms with E-state index in [9.17, 15) is 0 Å². The third-order valence-corrected chi connectivity index (χ3v) is 12.4. The minimum atomic E-state index is 0.675. The lowest BCUT2D eigenvalue weighted by atomic mass is 10.0. The van der Waals surface area contributed by atoms with Crippen molar-refractivity contribution in [1.82, 2.24) is 9.97 Å². The molecule has 0 N–H and O–H groups in total. The van der Waals surface area contributed by atoms with Gasteiger partial charge in [-0.1, -0.05) is 176 Å². The first-order chi connectivity index (χ1) is 33.2. The van der Waals surface area contributed by atoms with Crippen LogP contribution < -0.4 is 14.5 Å². The minimum Gasteiger partial charge on any atom is -0.453 e. The molecule has 0 bridgehead atoms. The number of aromatic nitrogens is 2. The molecule has 12 rings (SSSR count). The van der Waals surface area contributed by atoms with Crippen molar-refractivity contribution in [2.45, 2.75) is 0 Å². The van der Waals surface area contributed by atoms with Gasteiger partial charge in [0.25, 0.3) is 0 Å². The molecule has 67 heavy (non-hydrogen) atoms. The summed E-state index contributed by atoms with van der Waals surface area (Å²) in [5, 5.41) is 2.35. The molecule has 0 fully saturated rings. The van der Waals surface area contributed by atoms with Crippen LogP contribution in [0.1, 0.15) is 0 Å². The van der Waals surface area contributed by atoms with Gasteiger partial charge in [0.05, 0.1) is 22.8 Å². The van der Waals surface area contributed by atoms with E-state index in [0.29, 0.717) is 5.82 Å². The van der Waals surface area contributed by atoms with Crippen LogP contribution in [0.15, 0.2) is 255 Å². The van der Waals surface area contributed by atoms with Gasteiger partial charge in [0.15, 0.2) is 17.3 Å². The van der Waals surface area contributed by atoms with E-state index in [0.717, 1.165) is 90.4 Å². The number of para-hydroxylation sites is 3.